The zero-order chi connectivity index (χ0) is 17.7. The van der Waals surface area contributed by atoms with Gasteiger partial charge in [0.15, 0.2) is 0 Å². The zero-order valence-electron chi connectivity index (χ0n) is 13.3. The van der Waals surface area contributed by atoms with E-state index in [4.69, 9.17) is 11.6 Å². The Labute approximate surface area is 166 Å². The first-order valence-corrected chi connectivity index (χ1v) is 9.66. The first-order chi connectivity index (χ1) is 12.0. The molecule has 4 rings (SSSR count). The van der Waals surface area contributed by atoms with Crippen LogP contribution in [0.25, 0.3) is 26.1 Å². The van der Waals surface area contributed by atoms with Crippen molar-refractivity contribution in [2.75, 3.05) is 19.0 Å². The molecule has 0 aliphatic heterocycles. The van der Waals surface area contributed by atoms with Crippen molar-refractivity contribution in [1.82, 2.24) is 14.5 Å². The first-order valence-electron chi connectivity index (χ1n) is 7.39. The van der Waals surface area contributed by atoms with Crippen LogP contribution in [0.4, 0.5) is 5.69 Å². The van der Waals surface area contributed by atoms with E-state index in [1.54, 1.807) is 23.2 Å². The Morgan fingerprint density at radius 1 is 1.24 bits per heavy atom. The second kappa shape index (κ2) is 6.22. The monoisotopic (exact) mass is 482 g/mol. The molecule has 1 aromatic carbocycles. The first kappa shape index (κ1) is 16.7. The highest BCUT2D eigenvalue weighted by molar-refractivity contribution is 14.1. The van der Waals surface area contributed by atoms with Crippen molar-refractivity contribution in [2.45, 2.75) is 0 Å². The average molecular weight is 483 g/mol. The van der Waals surface area contributed by atoms with Crippen LogP contribution in [-0.2, 0) is 0 Å². The van der Waals surface area contributed by atoms with Crippen molar-refractivity contribution >= 4 is 71.6 Å². The third kappa shape index (κ3) is 2.70. The molecule has 0 aliphatic carbocycles. The van der Waals surface area contributed by atoms with Gasteiger partial charge in [0, 0.05) is 28.9 Å². The zero-order valence-corrected chi connectivity index (χ0v) is 17.1. The molecule has 126 valence electrons. The number of anilines is 1. The van der Waals surface area contributed by atoms with Crippen LogP contribution in [0.15, 0.2) is 41.6 Å². The van der Waals surface area contributed by atoms with Crippen LogP contribution in [0.3, 0.4) is 0 Å². The maximum atomic E-state index is 13.1. The van der Waals surface area contributed by atoms with Gasteiger partial charge in [-0.25, -0.2) is 9.97 Å². The second-order valence-corrected chi connectivity index (χ2v) is 8.30. The fourth-order valence-electron chi connectivity index (χ4n) is 2.76. The summed E-state index contributed by atoms with van der Waals surface area (Å²) in [6.45, 7) is 0. The molecule has 0 saturated heterocycles. The van der Waals surface area contributed by atoms with Gasteiger partial charge in [0.05, 0.1) is 22.3 Å². The van der Waals surface area contributed by atoms with Gasteiger partial charge in [0.25, 0.3) is 5.56 Å². The highest BCUT2D eigenvalue weighted by atomic mass is 127. The molecule has 0 fully saturated rings. The van der Waals surface area contributed by atoms with Crippen LogP contribution in [0.1, 0.15) is 0 Å². The summed E-state index contributed by atoms with van der Waals surface area (Å²) in [5.41, 5.74) is 2.37. The molecule has 0 bridgehead atoms. The van der Waals surface area contributed by atoms with Crippen molar-refractivity contribution in [1.29, 1.82) is 0 Å². The summed E-state index contributed by atoms with van der Waals surface area (Å²) in [5.74, 6) is 0. The van der Waals surface area contributed by atoms with Gasteiger partial charge in [0.1, 0.15) is 15.9 Å². The van der Waals surface area contributed by atoms with Gasteiger partial charge in [-0.15, -0.1) is 11.3 Å². The Morgan fingerprint density at radius 3 is 2.76 bits per heavy atom. The van der Waals surface area contributed by atoms with E-state index in [0.717, 1.165) is 25.2 Å². The SMILES string of the molecule is CN(C)c1ccnc2sc3c(=O)n(-c4ccc(Cl)cc4I)cnc3c12. The summed E-state index contributed by atoms with van der Waals surface area (Å²) in [6.07, 6.45) is 3.34. The van der Waals surface area contributed by atoms with E-state index in [9.17, 15) is 4.79 Å². The van der Waals surface area contributed by atoms with Crippen LogP contribution in [-0.4, -0.2) is 28.6 Å². The van der Waals surface area contributed by atoms with Crippen molar-refractivity contribution in [3.63, 3.8) is 0 Å². The fourth-order valence-corrected chi connectivity index (χ4v) is 4.94. The summed E-state index contributed by atoms with van der Waals surface area (Å²) < 4.78 is 3.05. The van der Waals surface area contributed by atoms with Crippen molar-refractivity contribution in [3.05, 3.63) is 55.7 Å². The van der Waals surface area contributed by atoms with Gasteiger partial charge >= 0.3 is 0 Å². The lowest BCUT2D eigenvalue weighted by atomic mass is 10.2. The van der Waals surface area contributed by atoms with E-state index in [1.807, 2.05) is 37.2 Å². The predicted octanol–water partition coefficient (Wildman–Crippen LogP) is 4.32. The standard InChI is InChI=1S/C17H12ClIN4OS/c1-22(2)12-5-6-20-16-13(12)14-15(25-16)17(24)23(8-21-14)11-4-3-9(18)7-10(11)19/h3-8H,1-2H3. The van der Waals surface area contributed by atoms with Crippen molar-refractivity contribution in [2.24, 2.45) is 0 Å². The quantitative estimate of drug-likeness (QED) is 0.399. The number of thiophene rings is 1. The van der Waals surface area contributed by atoms with Gasteiger partial charge in [-0.05, 0) is 46.9 Å². The van der Waals surface area contributed by atoms with Crippen LogP contribution in [0.5, 0.6) is 0 Å². The largest absolute Gasteiger partial charge is 0.377 e. The van der Waals surface area contributed by atoms with E-state index in [0.29, 0.717) is 15.2 Å². The summed E-state index contributed by atoms with van der Waals surface area (Å²) in [4.78, 5) is 24.9. The van der Waals surface area contributed by atoms with Gasteiger partial charge in [0.2, 0.25) is 0 Å². The Morgan fingerprint density at radius 2 is 2.04 bits per heavy atom. The highest BCUT2D eigenvalue weighted by Crippen LogP contribution is 2.35. The molecule has 0 amide bonds. The summed E-state index contributed by atoms with van der Waals surface area (Å²) >= 11 is 9.57. The summed E-state index contributed by atoms with van der Waals surface area (Å²) in [6, 6.07) is 7.36. The van der Waals surface area contributed by atoms with E-state index >= 15 is 0 Å². The molecule has 4 aromatic rings. The lowest BCUT2D eigenvalue weighted by Gasteiger charge is -2.13. The molecule has 5 nitrogen and oxygen atoms in total. The molecule has 3 aromatic heterocycles. The number of hydrogen-bond donors (Lipinski definition) is 0. The topological polar surface area (TPSA) is 51.0 Å². The number of nitrogens with zero attached hydrogens (tertiary/aromatic N) is 4. The van der Waals surface area contributed by atoms with Gasteiger partial charge < -0.3 is 4.90 Å². The number of fused-ring (bicyclic) bond motifs is 3. The molecule has 0 saturated carbocycles. The molecule has 0 aliphatic rings. The molecule has 0 atom stereocenters. The molecule has 0 N–H and O–H groups in total. The van der Waals surface area contributed by atoms with Gasteiger partial charge in [-0.1, -0.05) is 11.6 Å². The molecule has 25 heavy (non-hydrogen) atoms. The normalized spacial score (nSPS) is 11.4. The molecule has 8 heteroatoms. The minimum absolute atomic E-state index is 0.0991. The third-order valence-corrected chi connectivity index (χ3v) is 6.09. The van der Waals surface area contributed by atoms with E-state index in [2.05, 4.69) is 32.6 Å². The number of benzene rings is 1. The second-order valence-electron chi connectivity index (χ2n) is 5.70. The van der Waals surface area contributed by atoms with Crippen molar-refractivity contribution < 1.29 is 0 Å². The number of aromatic nitrogens is 3. The number of hydrogen-bond acceptors (Lipinski definition) is 5. The lowest BCUT2D eigenvalue weighted by molar-refractivity contribution is 0.961. The Balaban J connectivity index is 2.06. The predicted molar refractivity (Wildman–Crippen MR) is 113 cm³/mol. The molecule has 0 spiro atoms. The third-order valence-electron chi connectivity index (χ3n) is 3.91. The summed E-state index contributed by atoms with van der Waals surface area (Å²) in [7, 11) is 3.94. The highest BCUT2D eigenvalue weighted by Gasteiger charge is 2.17. The van der Waals surface area contributed by atoms with Crippen LogP contribution in [0, 0.1) is 3.57 Å². The lowest BCUT2D eigenvalue weighted by Crippen LogP contribution is -2.18. The maximum absolute atomic E-state index is 13.1. The van der Waals surface area contributed by atoms with Crippen LogP contribution < -0.4 is 10.5 Å². The average Bonchev–Trinajstić information content (AvgIpc) is 2.95. The van der Waals surface area contributed by atoms with Crippen LogP contribution in [0.2, 0.25) is 5.02 Å². The number of halogens is 2. The number of rotatable bonds is 2. The smallest absolute Gasteiger partial charge is 0.275 e. The maximum Gasteiger partial charge on any atom is 0.275 e. The van der Waals surface area contributed by atoms with Gasteiger partial charge in [-0.3, -0.25) is 9.36 Å². The molecule has 3 heterocycles. The minimum Gasteiger partial charge on any atom is -0.377 e. The minimum atomic E-state index is -0.0991. The van der Waals surface area contributed by atoms with E-state index in [1.165, 1.54) is 11.3 Å². The summed E-state index contributed by atoms with van der Waals surface area (Å²) in [5, 5.41) is 1.56. The number of pyridine rings is 1. The molecular formula is C17H12ClIN4OS. The van der Waals surface area contributed by atoms with E-state index < -0.39 is 0 Å². The molecule has 0 radical (unpaired) electrons. The fraction of sp³-hybridized carbons (Fsp3) is 0.118. The Kier molecular flexibility index (Phi) is 4.17. The molecule has 0 unspecified atom stereocenters. The van der Waals surface area contributed by atoms with Crippen molar-refractivity contribution in [3.8, 4) is 5.69 Å². The molecular weight excluding hydrogens is 471 g/mol. The van der Waals surface area contributed by atoms with Crippen LogP contribution >= 0.6 is 45.5 Å². The van der Waals surface area contributed by atoms with Gasteiger partial charge in [-0.2, -0.15) is 0 Å². The Bertz CT molecular complexity index is 1180. The van der Waals surface area contributed by atoms with E-state index in [-0.39, 0.29) is 5.56 Å². The Hall–Kier alpha value is -1.71.